The van der Waals surface area contributed by atoms with Gasteiger partial charge >= 0.3 is 0 Å². The minimum atomic E-state index is -0.430. The average Bonchev–Trinajstić information content (AvgIpc) is 2.43. The predicted octanol–water partition coefficient (Wildman–Crippen LogP) is 4.24. The highest BCUT2D eigenvalue weighted by atomic mass is 79.9. The monoisotopic (exact) mass is 350 g/mol. The van der Waals surface area contributed by atoms with E-state index in [-0.39, 0.29) is 5.69 Å². The first-order valence-corrected chi connectivity index (χ1v) is 7.22. The van der Waals surface area contributed by atoms with Crippen molar-refractivity contribution in [3.8, 4) is 0 Å². The van der Waals surface area contributed by atoms with Gasteiger partial charge in [-0.15, -0.1) is 0 Å². The van der Waals surface area contributed by atoms with Crippen LogP contribution in [0.5, 0.6) is 0 Å². The quantitative estimate of drug-likeness (QED) is 0.622. The van der Waals surface area contributed by atoms with Crippen LogP contribution >= 0.6 is 15.9 Å². The van der Waals surface area contributed by atoms with Gasteiger partial charge in [0.2, 0.25) is 0 Å². The van der Waals surface area contributed by atoms with Crippen molar-refractivity contribution in [2.75, 3.05) is 17.2 Å². The lowest BCUT2D eigenvalue weighted by atomic mass is 10.2. The van der Waals surface area contributed by atoms with E-state index in [4.69, 9.17) is 0 Å². The maximum atomic E-state index is 11.0. The summed E-state index contributed by atoms with van der Waals surface area (Å²) in [5.41, 5.74) is 1.89. The molecule has 0 saturated heterocycles. The van der Waals surface area contributed by atoms with Crippen molar-refractivity contribution >= 4 is 38.9 Å². The fourth-order valence-corrected chi connectivity index (χ4v) is 2.07. The molecule has 1 aromatic carbocycles. The van der Waals surface area contributed by atoms with E-state index >= 15 is 0 Å². The number of aromatic nitrogens is 1. The van der Waals surface area contributed by atoms with Crippen LogP contribution in [0.25, 0.3) is 0 Å². The van der Waals surface area contributed by atoms with E-state index in [2.05, 4.69) is 31.5 Å². The first-order chi connectivity index (χ1) is 9.99. The highest BCUT2D eigenvalue weighted by molar-refractivity contribution is 9.10. The number of nitrogens with zero attached hydrogens (tertiary/aromatic N) is 2. The Kier molecular flexibility index (Phi) is 4.74. The summed E-state index contributed by atoms with van der Waals surface area (Å²) in [6.07, 6.45) is 0. The molecule has 2 rings (SSSR count). The van der Waals surface area contributed by atoms with Gasteiger partial charge in [-0.05, 0) is 37.6 Å². The molecular formula is C14H15BrN4O2. The van der Waals surface area contributed by atoms with Gasteiger partial charge in [0.25, 0.3) is 5.69 Å². The van der Waals surface area contributed by atoms with Crippen LogP contribution in [0.15, 0.2) is 34.8 Å². The summed E-state index contributed by atoms with van der Waals surface area (Å²) in [5, 5.41) is 17.1. The summed E-state index contributed by atoms with van der Waals surface area (Å²) in [5.74, 6) is 0.907. The summed E-state index contributed by atoms with van der Waals surface area (Å²) in [6, 6.07) is 8.57. The van der Waals surface area contributed by atoms with Crippen molar-refractivity contribution in [3.05, 3.63) is 50.5 Å². The Morgan fingerprint density at radius 2 is 2.00 bits per heavy atom. The molecule has 1 aromatic heterocycles. The van der Waals surface area contributed by atoms with Crippen LogP contribution in [-0.2, 0) is 0 Å². The zero-order valence-electron chi connectivity index (χ0n) is 11.7. The number of hydrogen-bond donors (Lipinski definition) is 2. The summed E-state index contributed by atoms with van der Waals surface area (Å²) in [7, 11) is 0. The van der Waals surface area contributed by atoms with Crippen molar-refractivity contribution in [1.29, 1.82) is 0 Å². The first-order valence-electron chi connectivity index (χ1n) is 6.43. The van der Waals surface area contributed by atoms with Gasteiger partial charge in [0.15, 0.2) is 0 Å². The van der Waals surface area contributed by atoms with E-state index in [0.29, 0.717) is 18.2 Å². The molecule has 0 amide bonds. The third-order valence-electron chi connectivity index (χ3n) is 2.81. The third-order valence-corrected chi connectivity index (χ3v) is 3.70. The van der Waals surface area contributed by atoms with Gasteiger partial charge in [0.05, 0.1) is 17.1 Å². The van der Waals surface area contributed by atoms with E-state index in [1.807, 2.05) is 32.0 Å². The van der Waals surface area contributed by atoms with Crippen LogP contribution in [0.4, 0.5) is 23.0 Å². The second-order valence-electron chi connectivity index (χ2n) is 4.47. The van der Waals surface area contributed by atoms with Gasteiger partial charge in [0, 0.05) is 16.7 Å². The Hall–Kier alpha value is -2.15. The number of pyridine rings is 1. The summed E-state index contributed by atoms with van der Waals surface area (Å²) in [4.78, 5) is 14.9. The second-order valence-corrected chi connectivity index (χ2v) is 5.33. The number of nitro groups is 1. The van der Waals surface area contributed by atoms with Gasteiger partial charge in [0.1, 0.15) is 11.6 Å². The Balaban J connectivity index is 2.33. The number of rotatable bonds is 5. The lowest BCUT2D eigenvalue weighted by Crippen LogP contribution is -2.03. The maximum absolute atomic E-state index is 11.0. The van der Waals surface area contributed by atoms with Crippen LogP contribution in [-0.4, -0.2) is 16.5 Å². The van der Waals surface area contributed by atoms with Crippen molar-refractivity contribution in [3.63, 3.8) is 0 Å². The standard InChI is InChI=1S/C14H15BrN4O2/c1-3-16-13-7-11(19(20)21)8-14(18-13)17-10-4-5-12(15)9(2)6-10/h4-8H,3H2,1-2H3,(H2,16,17,18). The summed E-state index contributed by atoms with van der Waals surface area (Å²) in [6.45, 7) is 4.52. The minimum Gasteiger partial charge on any atom is -0.370 e. The summed E-state index contributed by atoms with van der Waals surface area (Å²) >= 11 is 3.43. The number of halogens is 1. The van der Waals surface area contributed by atoms with Gasteiger partial charge < -0.3 is 10.6 Å². The van der Waals surface area contributed by atoms with E-state index in [0.717, 1.165) is 15.7 Å². The van der Waals surface area contributed by atoms with Gasteiger partial charge in [-0.2, -0.15) is 0 Å². The van der Waals surface area contributed by atoms with Crippen LogP contribution < -0.4 is 10.6 Å². The minimum absolute atomic E-state index is 0.00252. The second kappa shape index (κ2) is 6.53. The van der Waals surface area contributed by atoms with Gasteiger partial charge in [-0.3, -0.25) is 10.1 Å². The smallest absolute Gasteiger partial charge is 0.276 e. The first kappa shape index (κ1) is 15.2. The van der Waals surface area contributed by atoms with Crippen molar-refractivity contribution < 1.29 is 4.92 Å². The molecule has 1 heterocycles. The molecule has 21 heavy (non-hydrogen) atoms. The molecule has 2 N–H and O–H groups in total. The Morgan fingerprint density at radius 3 is 2.62 bits per heavy atom. The Labute approximate surface area is 130 Å². The highest BCUT2D eigenvalue weighted by Gasteiger charge is 2.11. The van der Waals surface area contributed by atoms with E-state index in [9.17, 15) is 10.1 Å². The fraction of sp³-hybridized carbons (Fsp3) is 0.214. The molecule has 0 aliphatic rings. The molecule has 0 fully saturated rings. The normalized spacial score (nSPS) is 10.2. The zero-order chi connectivity index (χ0) is 15.4. The van der Waals surface area contributed by atoms with E-state index < -0.39 is 4.92 Å². The number of nitrogens with one attached hydrogen (secondary N) is 2. The van der Waals surface area contributed by atoms with Crippen LogP contribution in [0, 0.1) is 17.0 Å². The van der Waals surface area contributed by atoms with Crippen molar-refractivity contribution in [2.45, 2.75) is 13.8 Å². The van der Waals surface area contributed by atoms with Crippen LogP contribution in [0.1, 0.15) is 12.5 Å². The highest BCUT2D eigenvalue weighted by Crippen LogP contribution is 2.25. The average molecular weight is 351 g/mol. The van der Waals surface area contributed by atoms with E-state index in [1.54, 1.807) is 0 Å². The van der Waals surface area contributed by atoms with Gasteiger partial charge in [-0.1, -0.05) is 15.9 Å². The zero-order valence-corrected chi connectivity index (χ0v) is 13.3. The molecule has 0 unspecified atom stereocenters. The molecule has 110 valence electrons. The summed E-state index contributed by atoms with van der Waals surface area (Å²) < 4.78 is 1.01. The van der Waals surface area contributed by atoms with Crippen molar-refractivity contribution in [1.82, 2.24) is 4.98 Å². The molecule has 2 aromatic rings. The van der Waals surface area contributed by atoms with Crippen molar-refractivity contribution in [2.24, 2.45) is 0 Å². The molecule has 7 heteroatoms. The molecule has 0 spiro atoms. The molecule has 0 saturated carbocycles. The number of aryl methyl sites for hydroxylation is 1. The van der Waals surface area contributed by atoms with Gasteiger partial charge in [-0.25, -0.2) is 4.98 Å². The molecule has 0 bridgehead atoms. The predicted molar refractivity (Wildman–Crippen MR) is 87.2 cm³/mol. The molecule has 0 atom stereocenters. The molecular weight excluding hydrogens is 336 g/mol. The molecule has 0 aliphatic heterocycles. The largest absolute Gasteiger partial charge is 0.370 e. The molecule has 0 radical (unpaired) electrons. The fourth-order valence-electron chi connectivity index (χ4n) is 1.83. The number of benzene rings is 1. The SMILES string of the molecule is CCNc1cc([N+](=O)[O-])cc(Nc2ccc(Br)c(C)c2)n1. The van der Waals surface area contributed by atoms with Crippen LogP contribution in [0.2, 0.25) is 0 Å². The third kappa shape index (κ3) is 3.91. The number of anilines is 3. The Morgan fingerprint density at radius 1 is 1.29 bits per heavy atom. The molecule has 0 aliphatic carbocycles. The topological polar surface area (TPSA) is 80.1 Å². The number of hydrogen-bond acceptors (Lipinski definition) is 5. The lowest BCUT2D eigenvalue weighted by molar-refractivity contribution is -0.384. The lowest BCUT2D eigenvalue weighted by Gasteiger charge is -2.09. The van der Waals surface area contributed by atoms with Crippen LogP contribution in [0.3, 0.4) is 0 Å². The molecule has 6 nitrogen and oxygen atoms in total. The maximum Gasteiger partial charge on any atom is 0.276 e. The van der Waals surface area contributed by atoms with E-state index in [1.165, 1.54) is 12.1 Å². The Bertz CT molecular complexity index is 676.